The maximum atomic E-state index is 12.6. The molecule has 1 N–H and O–H groups in total. The summed E-state index contributed by atoms with van der Waals surface area (Å²) in [6, 6.07) is 6.68. The Labute approximate surface area is 147 Å². The van der Waals surface area contributed by atoms with Gasteiger partial charge in [-0.25, -0.2) is 0 Å². The van der Waals surface area contributed by atoms with Crippen LogP contribution in [-0.4, -0.2) is 42.2 Å². The number of amides is 2. The number of halogens is 3. The van der Waals surface area contributed by atoms with E-state index in [9.17, 15) is 22.8 Å². The summed E-state index contributed by atoms with van der Waals surface area (Å²) in [5, 5.41) is 11.9. The van der Waals surface area contributed by atoms with Crippen molar-refractivity contribution in [2.75, 3.05) is 13.1 Å². The van der Waals surface area contributed by atoms with Gasteiger partial charge in [-0.2, -0.15) is 5.26 Å². The molecule has 1 aromatic rings. The van der Waals surface area contributed by atoms with E-state index in [-0.39, 0.29) is 35.1 Å². The number of carbonyl (C=O) groups excluding carboxylic acids is 2. The molecule has 6 nitrogen and oxygen atoms in total. The highest BCUT2D eigenvalue weighted by atomic mass is 19.4. The Morgan fingerprint density at radius 3 is 2.62 bits per heavy atom. The second-order valence-corrected chi connectivity index (χ2v) is 6.40. The van der Waals surface area contributed by atoms with E-state index < -0.39 is 12.3 Å². The first-order chi connectivity index (χ1) is 12.3. The summed E-state index contributed by atoms with van der Waals surface area (Å²) >= 11 is 0. The molecule has 0 radical (unpaired) electrons. The number of nitriles is 1. The van der Waals surface area contributed by atoms with Gasteiger partial charge >= 0.3 is 6.36 Å². The van der Waals surface area contributed by atoms with Gasteiger partial charge in [0.1, 0.15) is 11.7 Å². The lowest BCUT2D eigenvalue weighted by atomic mass is 9.80. The molecule has 138 valence electrons. The second kappa shape index (κ2) is 6.86. The van der Waals surface area contributed by atoms with Crippen molar-refractivity contribution in [3.63, 3.8) is 0 Å². The predicted octanol–water partition coefficient (Wildman–Crippen LogP) is 2.08. The first-order valence-electron chi connectivity index (χ1n) is 8.12. The lowest BCUT2D eigenvalue weighted by Crippen LogP contribution is -2.57. The fourth-order valence-electron chi connectivity index (χ4n) is 3.43. The molecule has 3 unspecified atom stereocenters. The Morgan fingerprint density at radius 1 is 1.31 bits per heavy atom. The van der Waals surface area contributed by atoms with Crippen molar-refractivity contribution in [3.05, 3.63) is 29.8 Å². The number of hydrogen-bond donors (Lipinski definition) is 1. The summed E-state index contributed by atoms with van der Waals surface area (Å²) in [6.45, 7) is 0.821. The van der Waals surface area contributed by atoms with E-state index in [4.69, 9.17) is 5.26 Å². The van der Waals surface area contributed by atoms with Gasteiger partial charge in [0.25, 0.3) is 5.91 Å². The average Bonchev–Trinajstić information content (AvgIpc) is 2.59. The average molecular weight is 367 g/mol. The van der Waals surface area contributed by atoms with Crippen LogP contribution in [0.5, 0.6) is 5.75 Å². The van der Waals surface area contributed by atoms with Gasteiger partial charge in [-0.15, -0.1) is 13.2 Å². The Hall–Kier alpha value is -2.76. The second-order valence-electron chi connectivity index (χ2n) is 6.40. The van der Waals surface area contributed by atoms with E-state index in [1.54, 1.807) is 4.90 Å². The Balaban J connectivity index is 1.65. The number of benzene rings is 1. The van der Waals surface area contributed by atoms with Gasteiger partial charge in [0.2, 0.25) is 5.91 Å². The van der Waals surface area contributed by atoms with Crippen LogP contribution in [0, 0.1) is 23.2 Å². The minimum atomic E-state index is -4.78. The first-order valence-corrected chi connectivity index (χ1v) is 8.12. The van der Waals surface area contributed by atoms with Crippen molar-refractivity contribution in [3.8, 4) is 11.8 Å². The molecular weight excluding hydrogens is 351 g/mol. The minimum absolute atomic E-state index is 0.0112. The van der Waals surface area contributed by atoms with Crippen molar-refractivity contribution in [2.24, 2.45) is 11.8 Å². The molecule has 3 atom stereocenters. The van der Waals surface area contributed by atoms with Crippen LogP contribution in [0.3, 0.4) is 0 Å². The molecule has 0 saturated carbocycles. The van der Waals surface area contributed by atoms with Crippen LogP contribution in [0.4, 0.5) is 13.2 Å². The van der Waals surface area contributed by atoms with E-state index in [0.29, 0.717) is 25.9 Å². The summed E-state index contributed by atoms with van der Waals surface area (Å²) in [5.41, 5.74) is 0.259. The van der Waals surface area contributed by atoms with E-state index >= 15 is 0 Å². The molecular formula is C17H16F3N3O3. The molecule has 0 bridgehead atoms. The van der Waals surface area contributed by atoms with Crippen LogP contribution in [0.15, 0.2) is 24.3 Å². The van der Waals surface area contributed by atoms with Gasteiger partial charge in [-0.1, -0.05) is 0 Å². The van der Waals surface area contributed by atoms with Crippen LogP contribution >= 0.6 is 0 Å². The molecule has 3 rings (SSSR count). The number of carbonyl (C=O) groups is 2. The van der Waals surface area contributed by atoms with E-state index in [0.717, 1.165) is 12.1 Å². The number of fused-ring (bicyclic) bond motifs is 1. The summed E-state index contributed by atoms with van der Waals surface area (Å²) in [7, 11) is 0. The van der Waals surface area contributed by atoms with Gasteiger partial charge in [0.15, 0.2) is 0 Å². The SMILES string of the molecule is N#CC1CC2CN(C(=O)c3ccc(OC(F)(F)F)cc3)CCC2NC1=O. The molecule has 0 spiro atoms. The van der Waals surface area contributed by atoms with Crippen LogP contribution in [0.2, 0.25) is 0 Å². The summed E-state index contributed by atoms with van der Waals surface area (Å²) < 4.78 is 40.4. The zero-order valence-electron chi connectivity index (χ0n) is 13.6. The molecule has 2 amide bonds. The normalized spacial score (nSPS) is 25.7. The molecule has 2 aliphatic rings. The highest BCUT2D eigenvalue weighted by Gasteiger charge is 2.40. The third-order valence-electron chi connectivity index (χ3n) is 4.69. The number of nitrogens with one attached hydrogen (secondary N) is 1. The van der Waals surface area contributed by atoms with Crippen molar-refractivity contribution in [1.29, 1.82) is 5.26 Å². The van der Waals surface area contributed by atoms with Gasteiger partial charge in [0.05, 0.1) is 6.07 Å². The van der Waals surface area contributed by atoms with Crippen molar-refractivity contribution in [1.82, 2.24) is 10.2 Å². The molecule has 2 heterocycles. The third kappa shape index (κ3) is 3.90. The number of hydrogen-bond acceptors (Lipinski definition) is 4. The topological polar surface area (TPSA) is 82.4 Å². The molecule has 26 heavy (non-hydrogen) atoms. The van der Waals surface area contributed by atoms with Gasteiger partial charge in [-0.3, -0.25) is 9.59 Å². The standard InChI is InChI=1S/C17H16F3N3O3/c18-17(19,20)26-13-3-1-10(2-4-13)16(25)23-6-5-14-12(9-23)7-11(8-21)15(24)22-14/h1-4,11-12,14H,5-7,9H2,(H,22,24). The summed E-state index contributed by atoms with van der Waals surface area (Å²) in [5.74, 6) is -1.69. The maximum Gasteiger partial charge on any atom is 0.573 e. The molecule has 9 heteroatoms. The Morgan fingerprint density at radius 2 is 2.00 bits per heavy atom. The fourth-order valence-corrected chi connectivity index (χ4v) is 3.43. The number of nitrogens with zero attached hydrogens (tertiary/aromatic N) is 2. The maximum absolute atomic E-state index is 12.6. The van der Waals surface area contributed by atoms with E-state index in [1.165, 1.54) is 12.1 Å². The lowest BCUT2D eigenvalue weighted by molar-refractivity contribution is -0.274. The largest absolute Gasteiger partial charge is 0.573 e. The smallest absolute Gasteiger partial charge is 0.406 e. The predicted molar refractivity (Wildman–Crippen MR) is 82.8 cm³/mol. The number of likely N-dealkylation sites (tertiary alicyclic amines) is 1. The van der Waals surface area contributed by atoms with Crippen LogP contribution in [0.1, 0.15) is 23.2 Å². The Kier molecular flexibility index (Phi) is 4.76. The third-order valence-corrected chi connectivity index (χ3v) is 4.69. The molecule has 2 saturated heterocycles. The summed E-state index contributed by atoms with van der Waals surface area (Å²) in [6.07, 6.45) is -3.80. The van der Waals surface area contributed by atoms with E-state index in [1.807, 2.05) is 6.07 Å². The monoisotopic (exact) mass is 367 g/mol. The van der Waals surface area contributed by atoms with Crippen LogP contribution in [-0.2, 0) is 4.79 Å². The van der Waals surface area contributed by atoms with Crippen molar-refractivity contribution < 1.29 is 27.5 Å². The van der Waals surface area contributed by atoms with Gasteiger partial charge in [-0.05, 0) is 43.0 Å². The zero-order valence-corrected chi connectivity index (χ0v) is 13.6. The molecule has 1 aromatic carbocycles. The zero-order chi connectivity index (χ0) is 18.9. The fraction of sp³-hybridized carbons (Fsp3) is 0.471. The van der Waals surface area contributed by atoms with Crippen LogP contribution < -0.4 is 10.1 Å². The summed E-state index contributed by atoms with van der Waals surface area (Å²) in [4.78, 5) is 25.9. The van der Waals surface area contributed by atoms with Gasteiger partial charge in [0, 0.05) is 24.7 Å². The van der Waals surface area contributed by atoms with Crippen molar-refractivity contribution >= 4 is 11.8 Å². The number of alkyl halides is 3. The molecule has 0 aliphatic carbocycles. The highest BCUT2D eigenvalue weighted by molar-refractivity contribution is 5.94. The first kappa shape index (κ1) is 18.0. The number of rotatable bonds is 2. The van der Waals surface area contributed by atoms with Gasteiger partial charge < -0.3 is 15.0 Å². The Bertz CT molecular complexity index is 742. The van der Waals surface area contributed by atoms with E-state index in [2.05, 4.69) is 10.1 Å². The number of piperidine rings is 2. The molecule has 2 fully saturated rings. The molecule has 2 aliphatic heterocycles. The number of ether oxygens (including phenoxy) is 1. The quantitative estimate of drug-likeness (QED) is 0.868. The molecule has 0 aromatic heterocycles. The lowest BCUT2D eigenvalue weighted by Gasteiger charge is -2.42. The highest BCUT2D eigenvalue weighted by Crippen LogP contribution is 2.29. The van der Waals surface area contributed by atoms with Crippen LogP contribution in [0.25, 0.3) is 0 Å². The van der Waals surface area contributed by atoms with Crippen molar-refractivity contribution in [2.45, 2.75) is 25.2 Å². The minimum Gasteiger partial charge on any atom is -0.406 e.